The number of fused-ring (bicyclic) bond motifs is 2. The number of hydrogen-bond donors (Lipinski definition) is 1. The van der Waals surface area contributed by atoms with Crippen molar-refractivity contribution in [1.82, 2.24) is 9.55 Å². The molecule has 0 bridgehead atoms. The Balaban J connectivity index is 1.59. The van der Waals surface area contributed by atoms with Crippen LogP contribution in [0, 0.1) is 5.82 Å². The Morgan fingerprint density at radius 1 is 0.842 bits per heavy atom. The molecule has 0 aliphatic heterocycles. The van der Waals surface area contributed by atoms with E-state index in [1.54, 1.807) is 22.9 Å². The van der Waals surface area contributed by atoms with E-state index in [1.165, 1.54) is 12.1 Å². The van der Waals surface area contributed by atoms with E-state index in [0.717, 1.165) is 33.9 Å². The number of halogens is 1. The van der Waals surface area contributed by atoms with Crippen LogP contribution in [0.25, 0.3) is 21.7 Å². The van der Waals surface area contributed by atoms with Crippen LogP contribution in [-0.4, -0.2) is 20.9 Å². The fourth-order valence-corrected chi connectivity index (χ4v) is 5.41. The number of rotatable bonds is 7. The van der Waals surface area contributed by atoms with Crippen molar-refractivity contribution >= 4 is 28.0 Å². The number of pyridine rings is 1. The molecule has 38 heavy (non-hydrogen) atoms. The summed E-state index contributed by atoms with van der Waals surface area (Å²) < 4.78 is 15.2. The topological polar surface area (TPSA) is 55.1 Å². The lowest BCUT2D eigenvalue weighted by molar-refractivity contribution is 0.112. The summed E-state index contributed by atoms with van der Waals surface area (Å²) in [5.74, 6) is -0.242. The van der Waals surface area contributed by atoms with Crippen molar-refractivity contribution in [2.45, 2.75) is 18.9 Å². The van der Waals surface area contributed by atoms with Crippen molar-refractivity contribution in [2.24, 2.45) is 0 Å². The molecular weight excluding hydrogens is 475 g/mol. The lowest BCUT2D eigenvalue weighted by atomic mass is 9.83. The third-order valence-electron chi connectivity index (χ3n) is 7.22. The summed E-state index contributed by atoms with van der Waals surface area (Å²) in [6.45, 7) is 0.336. The van der Waals surface area contributed by atoms with Gasteiger partial charge in [0.1, 0.15) is 5.82 Å². The van der Waals surface area contributed by atoms with Crippen LogP contribution < -0.4 is 0 Å². The maximum atomic E-state index is 13.5. The van der Waals surface area contributed by atoms with Gasteiger partial charge in [0.05, 0.1) is 12.1 Å². The number of benzene rings is 4. The lowest BCUT2D eigenvalue weighted by Crippen LogP contribution is -2.07. The molecule has 0 amide bonds. The molecule has 0 aliphatic rings. The van der Waals surface area contributed by atoms with Crippen molar-refractivity contribution < 1.29 is 14.3 Å². The van der Waals surface area contributed by atoms with Gasteiger partial charge in [-0.1, -0.05) is 78.9 Å². The molecule has 0 unspecified atom stereocenters. The van der Waals surface area contributed by atoms with Gasteiger partial charge in [-0.2, -0.15) is 0 Å². The van der Waals surface area contributed by atoms with E-state index in [-0.39, 0.29) is 17.6 Å². The highest BCUT2D eigenvalue weighted by Crippen LogP contribution is 2.41. The molecule has 0 atom stereocenters. The zero-order valence-corrected chi connectivity index (χ0v) is 20.6. The second-order valence-electron chi connectivity index (χ2n) is 9.48. The van der Waals surface area contributed by atoms with Gasteiger partial charge in [-0.3, -0.25) is 9.78 Å². The first-order chi connectivity index (χ1) is 18.6. The summed E-state index contributed by atoms with van der Waals surface area (Å²) in [5, 5.41) is 13.6. The smallest absolute Gasteiger partial charge is 0.199 e. The number of hydrogen-bond acceptors (Lipinski definition) is 3. The Hall–Kier alpha value is -4.77. The third kappa shape index (κ3) is 4.22. The second-order valence-corrected chi connectivity index (χ2v) is 9.48. The molecule has 5 heteroatoms. The predicted molar refractivity (Wildman–Crippen MR) is 148 cm³/mol. The van der Waals surface area contributed by atoms with Crippen LogP contribution in [0.15, 0.2) is 109 Å². The average Bonchev–Trinajstić information content (AvgIpc) is 3.28. The monoisotopic (exact) mass is 500 g/mol. The molecule has 186 valence electrons. The maximum absolute atomic E-state index is 13.5. The fraction of sp³-hybridized carbons (Fsp3) is 0.0909. The van der Waals surface area contributed by atoms with Gasteiger partial charge in [0.25, 0.3) is 0 Å². The molecule has 4 aromatic carbocycles. The van der Waals surface area contributed by atoms with Crippen LogP contribution >= 0.6 is 0 Å². The molecule has 4 nitrogen and oxygen atoms in total. The number of aromatic hydroxyl groups is 1. The number of aromatic nitrogens is 2. The fourth-order valence-electron chi connectivity index (χ4n) is 5.41. The van der Waals surface area contributed by atoms with E-state index in [9.17, 15) is 14.3 Å². The van der Waals surface area contributed by atoms with Gasteiger partial charge in [-0.15, -0.1) is 0 Å². The zero-order chi connectivity index (χ0) is 26.1. The van der Waals surface area contributed by atoms with Gasteiger partial charge in [0.2, 0.25) is 0 Å². The normalized spacial score (nSPS) is 11.4. The lowest BCUT2D eigenvalue weighted by Gasteiger charge is -2.20. The molecule has 0 aliphatic carbocycles. The Bertz CT molecular complexity index is 1700. The number of nitrogens with zero attached hydrogens (tertiary/aromatic N) is 2. The summed E-state index contributed by atoms with van der Waals surface area (Å²) in [4.78, 5) is 17.1. The second kappa shape index (κ2) is 9.94. The first-order valence-electron chi connectivity index (χ1n) is 12.5. The highest BCUT2D eigenvalue weighted by Gasteiger charge is 2.24. The van der Waals surface area contributed by atoms with Gasteiger partial charge < -0.3 is 9.67 Å². The third-order valence-corrected chi connectivity index (χ3v) is 7.22. The van der Waals surface area contributed by atoms with Gasteiger partial charge in [0, 0.05) is 40.0 Å². The molecule has 0 radical (unpaired) electrons. The van der Waals surface area contributed by atoms with Crippen molar-refractivity contribution in [3.8, 4) is 5.88 Å². The summed E-state index contributed by atoms with van der Waals surface area (Å²) in [5.41, 5.74) is 5.23. The molecular formula is C33H25FN2O2. The van der Waals surface area contributed by atoms with Gasteiger partial charge >= 0.3 is 0 Å². The minimum absolute atomic E-state index is 0.00716. The minimum atomic E-state index is -0.314. The minimum Gasteiger partial charge on any atom is -0.494 e. The summed E-state index contributed by atoms with van der Waals surface area (Å²) >= 11 is 0. The SMILES string of the molecule is O=Cc1c2cccnc2c(CC(c2ccccc2)c2ccccc2)c2c(O)n(Cc3ccc(F)cc3)cc12. The van der Waals surface area contributed by atoms with Crippen LogP contribution in [0.4, 0.5) is 4.39 Å². The predicted octanol–water partition coefficient (Wildman–Crippen LogP) is 7.27. The first kappa shape index (κ1) is 23.6. The molecule has 0 saturated carbocycles. The Kier molecular flexibility index (Phi) is 6.18. The summed E-state index contributed by atoms with van der Waals surface area (Å²) in [6, 6.07) is 30.5. The highest BCUT2D eigenvalue weighted by molar-refractivity contribution is 6.15. The number of carbonyl (C=O) groups excluding carboxylic acids is 1. The quantitative estimate of drug-likeness (QED) is 0.235. The zero-order valence-electron chi connectivity index (χ0n) is 20.6. The molecule has 6 aromatic rings. The van der Waals surface area contributed by atoms with Crippen LogP contribution in [0.1, 0.15) is 38.5 Å². The molecule has 2 aromatic heterocycles. The van der Waals surface area contributed by atoms with E-state index in [1.807, 2.05) is 54.7 Å². The molecule has 2 heterocycles. The average molecular weight is 501 g/mol. The van der Waals surface area contributed by atoms with Crippen molar-refractivity contribution in [3.05, 3.63) is 143 Å². The molecule has 0 spiro atoms. The molecule has 0 fully saturated rings. The highest BCUT2D eigenvalue weighted by atomic mass is 19.1. The molecule has 1 N–H and O–H groups in total. The summed E-state index contributed by atoms with van der Waals surface area (Å²) in [6.07, 6.45) is 4.95. The first-order valence-corrected chi connectivity index (χ1v) is 12.5. The standard InChI is InChI=1S/C33H25FN2O2/c34-25-15-13-22(14-16-25)19-36-20-29-30(21-37)26-12-7-17-35-32(26)28(31(29)33(36)38)18-27(23-8-3-1-4-9-23)24-10-5-2-6-11-24/h1-17,20-21,27,38H,18-19H2. The van der Waals surface area contributed by atoms with E-state index in [2.05, 4.69) is 24.3 Å². The van der Waals surface area contributed by atoms with Crippen LogP contribution in [0.3, 0.4) is 0 Å². The largest absolute Gasteiger partial charge is 0.494 e. The van der Waals surface area contributed by atoms with E-state index in [4.69, 9.17) is 4.98 Å². The summed E-state index contributed by atoms with van der Waals surface area (Å²) in [7, 11) is 0. The van der Waals surface area contributed by atoms with Crippen molar-refractivity contribution in [2.75, 3.05) is 0 Å². The van der Waals surface area contributed by atoms with Gasteiger partial charge in [-0.25, -0.2) is 4.39 Å². The Morgan fingerprint density at radius 2 is 1.50 bits per heavy atom. The molecule has 6 rings (SSSR count). The molecule has 0 saturated heterocycles. The maximum Gasteiger partial charge on any atom is 0.199 e. The van der Waals surface area contributed by atoms with E-state index in [0.29, 0.717) is 34.8 Å². The van der Waals surface area contributed by atoms with E-state index < -0.39 is 0 Å². The van der Waals surface area contributed by atoms with Crippen molar-refractivity contribution in [1.29, 1.82) is 0 Å². The Labute approximate surface area is 219 Å². The van der Waals surface area contributed by atoms with Crippen LogP contribution in [-0.2, 0) is 13.0 Å². The van der Waals surface area contributed by atoms with Crippen LogP contribution in [0.5, 0.6) is 5.88 Å². The van der Waals surface area contributed by atoms with Gasteiger partial charge in [0.15, 0.2) is 12.2 Å². The van der Waals surface area contributed by atoms with E-state index >= 15 is 0 Å². The Morgan fingerprint density at radius 3 is 2.13 bits per heavy atom. The van der Waals surface area contributed by atoms with Gasteiger partial charge in [-0.05, 0) is 46.9 Å². The number of aldehydes is 1. The van der Waals surface area contributed by atoms with Crippen LogP contribution in [0.2, 0.25) is 0 Å². The number of carbonyl (C=O) groups is 1. The van der Waals surface area contributed by atoms with Crippen molar-refractivity contribution in [3.63, 3.8) is 0 Å².